The number of ether oxygens (including phenoxy) is 3. The Labute approximate surface area is 184 Å². The van der Waals surface area contributed by atoms with E-state index in [2.05, 4.69) is 17.8 Å². The van der Waals surface area contributed by atoms with Gasteiger partial charge in [-0.2, -0.15) is 0 Å². The number of nitrogens with one attached hydrogen (secondary N) is 2. The topological polar surface area (TPSA) is 85.9 Å². The van der Waals surface area contributed by atoms with Crippen molar-refractivity contribution >= 4 is 11.8 Å². The first-order valence-electron chi connectivity index (χ1n) is 10.8. The number of hydrogen-bond donors (Lipinski definition) is 2. The lowest BCUT2D eigenvalue weighted by atomic mass is 10.2. The van der Waals surface area contributed by atoms with Crippen LogP contribution in [0.5, 0.6) is 11.5 Å². The van der Waals surface area contributed by atoms with E-state index in [0.29, 0.717) is 43.3 Å². The van der Waals surface area contributed by atoms with Gasteiger partial charge in [0.05, 0.1) is 13.2 Å². The Bertz CT molecular complexity index is 808. The SMILES string of the molecule is CCCCCCOc1ccc(C(=O)NNC(=O)c2cccc(OCCOCC)c2)cc1. The number of hydrogen-bond acceptors (Lipinski definition) is 5. The molecule has 7 heteroatoms. The second-order valence-corrected chi connectivity index (χ2v) is 6.91. The first-order chi connectivity index (χ1) is 15.1. The van der Waals surface area contributed by atoms with E-state index in [4.69, 9.17) is 14.2 Å². The molecule has 2 amide bonds. The van der Waals surface area contributed by atoms with Gasteiger partial charge in [0.25, 0.3) is 11.8 Å². The van der Waals surface area contributed by atoms with Gasteiger partial charge in [-0.05, 0) is 55.8 Å². The summed E-state index contributed by atoms with van der Waals surface area (Å²) in [5.74, 6) is 0.435. The van der Waals surface area contributed by atoms with Gasteiger partial charge < -0.3 is 14.2 Å². The molecule has 0 aliphatic heterocycles. The first-order valence-corrected chi connectivity index (χ1v) is 10.8. The van der Waals surface area contributed by atoms with E-state index in [0.717, 1.165) is 18.6 Å². The molecule has 2 N–H and O–H groups in total. The van der Waals surface area contributed by atoms with Gasteiger partial charge in [0.1, 0.15) is 18.1 Å². The van der Waals surface area contributed by atoms with Crippen LogP contribution < -0.4 is 20.3 Å². The summed E-state index contributed by atoms with van der Waals surface area (Å²) < 4.78 is 16.4. The molecule has 0 aromatic heterocycles. The summed E-state index contributed by atoms with van der Waals surface area (Å²) >= 11 is 0. The molecule has 0 saturated heterocycles. The van der Waals surface area contributed by atoms with E-state index in [9.17, 15) is 9.59 Å². The van der Waals surface area contributed by atoms with E-state index >= 15 is 0 Å². The summed E-state index contributed by atoms with van der Waals surface area (Å²) in [7, 11) is 0. The van der Waals surface area contributed by atoms with E-state index < -0.39 is 11.8 Å². The van der Waals surface area contributed by atoms with Crippen LogP contribution in [0.1, 0.15) is 60.2 Å². The number of amides is 2. The van der Waals surface area contributed by atoms with Crippen molar-refractivity contribution in [2.45, 2.75) is 39.5 Å². The molecule has 2 aromatic rings. The monoisotopic (exact) mass is 428 g/mol. The molecule has 168 valence electrons. The fourth-order valence-electron chi connectivity index (χ4n) is 2.77. The number of hydrazine groups is 1. The Kier molecular flexibility index (Phi) is 11.0. The molecule has 0 aliphatic rings. The zero-order valence-electron chi connectivity index (χ0n) is 18.3. The molecular formula is C24H32N2O5. The van der Waals surface area contributed by atoms with Crippen molar-refractivity contribution in [2.24, 2.45) is 0 Å². The van der Waals surface area contributed by atoms with Crippen LogP contribution >= 0.6 is 0 Å². The van der Waals surface area contributed by atoms with Crippen molar-refractivity contribution in [3.63, 3.8) is 0 Å². The smallest absolute Gasteiger partial charge is 0.269 e. The number of unbranched alkanes of at least 4 members (excludes halogenated alkanes) is 3. The van der Waals surface area contributed by atoms with Crippen LogP contribution in [0, 0.1) is 0 Å². The van der Waals surface area contributed by atoms with Crippen molar-refractivity contribution in [3.8, 4) is 11.5 Å². The second kappa shape index (κ2) is 14.0. The highest BCUT2D eigenvalue weighted by Crippen LogP contribution is 2.14. The lowest BCUT2D eigenvalue weighted by Gasteiger charge is -2.10. The van der Waals surface area contributed by atoms with Crippen molar-refractivity contribution in [1.29, 1.82) is 0 Å². The van der Waals surface area contributed by atoms with Crippen LogP contribution in [-0.4, -0.2) is 38.2 Å². The highest BCUT2D eigenvalue weighted by Gasteiger charge is 2.10. The molecule has 0 spiro atoms. The van der Waals surface area contributed by atoms with E-state index in [1.165, 1.54) is 12.8 Å². The second-order valence-electron chi connectivity index (χ2n) is 6.91. The molecule has 0 bridgehead atoms. The van der Waals surface area contributed by atoms with Crippen LogP contribution in [0.2, 0.25) is 0 Å². The van der Waals surface area contributed by atoms with Crippen LogP contribution in [-0.2, 0) is 4.74 Å². The van der Waals surface area contributed by atoms with E-state index in [-0.39, 0.29) is 0 Å². The van der Waals surface area contributed by atoms with Crippen LogP contribution in [0.25, 0.3) is 0 Å². The van der Waals surface area contributed by atoms with E-state index in [1.54, 1.807) is 48.5 Å². The molecule has 0 aliphatic carbocycles. The number of carbonyl (C=O) groups excluding carboxylic acids is 2. The summed E-state index contributed by atoms with van der Waals surface area (Å²) in [5, 5.41) is 0. The Hall–Kier alpha value is -3.06. The summed E-state index contributed by atoms with van der Waals surface area (Å²) in [6, 6.07) is 13.6. The standard InChI is InChI=1S/C24H32N2O5/c1-3-5-6-7-15-30-21-13-11-19(12-14-21)23(27)25-26-24(28)20-9-8-10-22(18-20)31-17-16-29-4-2/h8-14,18H,3-7,15-17H2,1-2H3,(H,25,27)(H,26,28). The largest absolute Gasteiger partial charge is 0.494 e. The Balaban J connectivity index is 1.78. The van der Waals surface area contributed by atoms with Gasteiger partial charge >= 0.3 is 0 Å². The number of benzene rings is 2. The molecule has 0 radical (unpaired) electrons. The molecule has 0 unspecified atom stereocenters. The van der Waals surface area contributed by atoms with Crippen molar-refractivity contribution in [2.75, 3.05) is 26.4 Å². The van der Waals surface area contributed by atoms with Crippen molar-refractivity contribution < 1.29 is 23.8 Å². The van der Waals surface area contributed by atoms with Gasteiger partial charge in [0, 0.05) is 17.7 Å². The van der Waals surface area contributed by atoms with Gasteiger partial charge in [0.2, 0.25) is 0 Å². The van der Waals surface area contributed by atoms with Gasteiger partial charge in [-0.25, -0.2) is 0 Å². The van der Waals surface area contributed by atoms with Crippen molar-refractivity contribution in [3.05, 3.63) is 59.7 Å². The minimum absolute atomic E-state index is 0.376. The van der Waals surface area contributed by atoms with Crippen LogP contribution in [0.3, 0.4) is 0 Å². The van der Waals surface area contributed by atoms with Crippen LogP contribution in [0.4, 0.5) is 0 Å². The van der Waals surface area contributed by atoms with Gasteiger partial charge in [0.15, 0.2) is 0 Å². The highest BCUT2D eigenvalue weighted by molar-refractivity contribution is 5.99. The maximum Gasteiger partial charge on any atom is 0.269 e. The third kappa shape index (κ3) is 9.09. The molecule has 0 fully saturated rings. The minimum atomic E-state index is -0.435. The predicted molar refractivity (Wildman–Crippen MR) is 119 cm³/mol. The average molecular weight is 429 g/mol. The zero-order valence-corrected chi connectivity index (χ0v) is 18.3. The predicted octanol–water partition coefficient (Wildman–Crippen LogP) is 4.14. The van der Waals surface area contributed by atoms with Crippen molar-refractivity contribution in [1.82, 2.24) is 10.9 Å². The lowest BCUT2D eigenvalue weighted by Crippen LogP contribution is -2.41. The first kappa shape index (κ1) is 24.2. The normalized spacial score (nSPS) is 10.4. The Morgan fingerprint density at radius 3 is 2.16 bits per heavy atom. The summed E-state index contributed by atoms with van der Waals surface area (Å²) in [5.41, 5.74) is 5.64. The number of rotatable bonds is 13. The highest BCUT2D eigenvalue weighted by atomic mass is 16.5. The molecule has 7 nitrogen and oxygen atoms in total. The maximum absolute atomic E-state index is 12.3. The Morgan fingerprint density at radius 1 is 0.742 bits per heavy atom. The minimum Gasteiger partial charge on any atom is -0.494 e. The fraction of sp³-hybridized carbons (Fsp3) is 0.417. The summed E-state index contributed by atoms with van der Waals surface area (Å²) in [6.45, 7) is 6.25. The number of carbonyl (C=O) groups is 2. The van der Waals surface area contributed by atoms with E-state index in [1.807, 2.05) is 6.92 Å². The van der Waals surface area contributed by atoms with Crippen LogP contribution in [0.15, 0.2) is 48.5 Å². The van der Waals surface area contributed by atoms with Gasteiger partial charge in [-0.15, -0.1) is 0 Å². The third-order valence-corrected chi connectivity index (χ3v) is 4.47. The van der Waals surface area contributed by atoms with Gasteiger partial charge in [-0.1, -0.05) is 32.3 Å². The molecule has 2 rings (SSSR count). The summed E-state index contributed by atoms with van der Waals surface area (Å²) in [4.78, 5) is 24.6. The molecule has 0 atom stereocenters. The molecule has 31 heavy (non-hydrogen) atoms. The maximum atomic E-state index is 12.3. The molecule has 0 saturated carbocycles. The quantitative estimate of drug-likeness (QED) is 0.370. The summed E-state index contributed by atoms with van der Waals surface area (Å²) in [6.07, 6.45) is 4.56. The van der Waals surface area contributed by atoms with Gasteiger partial charge in [-0.3, -0.25) is 20.4 Å². The molecule has 0 heterocycles. The molecular weight excluding hydrogens is 396 g/mol. The zero-order chi connectivity index (χ0) is 22.3. The lowest BCUT2D eigenvalue weighted by molar-refractivity contribution is 0.0846. The average Bonchev–Trinajstić information content (AvgIpc) is 2.80. The third-order valence-electron chi connectivity index (χ3n) is 4.47. The fourth-order valence-corrected chi connectivity index (χ4v) is 2.77. The Morgan fingerprint density at radius 2 is 1.45 bits per heavy atom. The molecule has 2 aromatic carbocycles.